The molecule has 1 aromatic heterocycles. The van der Waals surface area contributed by atoms with Crippen LogP contribution in [-0.2, 0) is 13.0 Å². The van der Waals surface area contributed by atoms with Gasteiger partial charge in [0, 0.05) is 25.5 Å². The van der Waals surface area contributed by atoms with Crippen LogP contribution in [0.2, 0.25) is 0 Å². The third kappa shape index (κ3) is 3.48. The molecule has 4 rings (SSSR count). The molecule has 4 heteroatoms. The molecule has 0 N–H and O–H groups in total. The van der Waals surface area contributed by atoms with E-state index in [9.17, 15) is 0 Å². The van der Waals surface area contributed by atoms with E-state index in [0.717, 1.165) is 31.0 Å². The summed E-state index contributed by atoms with van der Waals surface area (Å²) in [6, 6.07) is 17.3. The van der Waals surface area contributed by atoms with Crippen molar-refractivity contribution in [3.05, 3.63) is 88.7 Å². The summed E-state index contributed by atoms with van der Waals surface area (Å²) in [5.74, 6) is 1.58. The summed E-state index contributed by atoms with van der Waals surface area (Å²) < 4.78 is 11.1. The third-order valence-electron chi connectivity index (χ3n) is 5.60. The van der Waals surface area contributed by atoms with E-state index >= 15 is 0 Å². The van der Waals surface area contributed by atoms with Crippen molar-refractivity contribution in [2.75, 3.05) is 20.8 Å². The second-order valence-electron chi connectivity index (χ2n) is 7.24. The molecule has 2 heterocycles. The van der Waals surface area contributed by atoms with Crippen LogP contribution in [-0.4, -0.2) is 30.6 Å². The van der Waals surface area contributed by atoms with Crippen LogP contribution in [0.4, 0.5) is 0 Å². The summed E-state index contributed by atoms with van der Waals surface area (Å²) >= 11 is 0. The second kappa shape index (κ2) is 8.03. The zero-order valence-electron chi connectivity index (χ0n) is 16.7. The highest BCUT2D eigenvalue weighted by atomic mass is 16.5. The largest absolute Gasteiger partial charge is 0.493 e. The molecule has 0 spiro atoms. The summed E-state index contributed by atoms with van der Waals surface area (Å²) in [7, 11) is 3.39. The van der Waals surface area contributed by atoms with Gasteiger partial charge in [0.1, 0.15) is 0 Å². The van der Waals surface area contributed by atoms with Crippen LogP contribution < -0.4 is 9.47 Å². The van der Waals surface area contributed by atoms with Gasteiger partial charge in [-0.1, -0.05) is 30.3 Å². The van der Waals surface area contributed by atoms with Gasteiger partial charge in [-0.25, -0.2) is 0 Å². The fraction of sp³-hybridized carbons (Fsp3) is 0.292. The number of pyridine rings is 1. The van der Waals surface area contributed by atoms with Gasteiger partial charge in [0.25, 0.3) is 0 Å². The third-order valence-corrected chi connectivity index (χ3v) is 5.60. The lowest BCUT2D eigenvalue weighted by molar-refractivity contribution is 0.203. The Labute approximate surface area is 166 Å². The Morgan fingerprint density at radius 3 is 2.50 bits per heavy atom. The van der Waals surface area contributed by atoms with Gasteiger partial charge < -0.3 is 9.47 Å². The quantitative estimate of drug-likeness (QED) is 0.656. The maximum atomic E-state index is 5.61. The molecule has 0 unspecified atom stereocenters. The van der Waals surface area contributed by atoms with Gasteiger partial charge in [-0.15, -0.1) is 0 Å². The smallest absolute Gasteiger partial charge is 0.161 e. The topological polar surface area (TPSA) is 34.6 Å². The van der Waals surface area contributed by atoms with Gasteiger partial charge in [-0.2, -0.15) is 0 Å². The molecule has 0 fully saturated rings. The first-order chi connectivity index (χ1) is 13.7. The summed E-state index contributed by atoms with van der Waals surface area (Å²) in [6.07, 6.45) is 4.81. The Kier molecular flexibility index (Phi) is 5.31. The van der Waals surface area contributed by atoms with E-state index in [1.54, 1.807) is 14.2 Å². The number of benzene rings is 2. The first-order valence-corrected chi connectivity index (χ1v) is 9.64. The lowest BCUT2D eigenvalue weighted by Crippen LogP contribution is -2.36. The highest BCUT2D eigenvalue weighted by Gasteiger charge is 2.30. The van der Waals surface area contributed by atoms with E-state index in [-0.39, 0.29) is 6.04 Å². The van der Waals surface area contributed by atoms with Crippen molar-refractivity contribution >= 4 is 0 Å². The van der Waals surface area contributed by atoms with Crippen molar-refractivity contribution in [1.82, 2.24) is 9.88 Å². The molecule has 1 atom stereocenters. The number of nitrogens with zero attached hydrogens (tertiary/aromatic N) is 2. The zero-order valence-corrected chi connectivity index (χ0v) is 16.7. The van der Waals surface area contributed by atoms with Crippen LogP contribution in [0.15, 0.2) is 60.9 Å². The molecule has 0 radical (unpaired) electrons. The minimum absolute atomic E-state index is 0.178. The van der Waals surface area contributed by atoms with Crippen LogP contribution in [0.5, 0.6) is 11.5 Å². The molecule has 0 bridgehead atoms. The van der Waals surface area contributed by atoms with Crippen molar-refractivity contribution in [3.8, 4) is 11.5 Å². The molecule has 0 saturated heterocycles. The number of hydrogen-bond acceptors (Lipinski definition) is 4. The fourth-order valence-corrected chi connectivity index (χ4v) is 4.09. The van der Waals surface area contributed by atoms with Crippen molar-refractivity contribution < 1.29 is 9.47 Å². The van der Waals surface area contributed by atoms with E-state index in [2.05, 4.69) is 65.3 Å². The van der Waals surface area contributed by atoms with Crippen molar-refractivity contribution in [1.29, 1.82) is 0 Å². The van der Waals surface area contributed by atoms with Gasteiger partial charge in [-0.3, -0.25) is 9.88 Å². The minimum atomic E-state index is 0.178. The maximum Gasteiger partial charge on any atom is 0.161 e. The number of methoxy groups -OCH3 is 2. The molecule has 144 valence electrons. The van der Waals surface area contributed by atoms with E-state index in [4.69, 9.17) is 9.47 Å². The lowest BCUT2D eigenvalue weighted by Gasteiger charge is -2.38. The van der Waals surface area contributed by atoms with Crippen molar-refractivity contribution in [2.45, 2.75) is 25.9 Å². The standard InChI is InChI=1S/C24H26N2O2/c1-17-15-25-11-9-20(17)16-26-12-10-19-13-22(27-2)23(28-3)14-21(19)24(26)18-7-5-4-6-8-18/h4-9,11,13-15,24H,10,12,16H2,1-3H3/t24-/m0/s1. The Bertz CT molecular complexity index is 956. The fourth-order valence-electron chi connectivity index (χ4n) is 4.09. The zero-order chi connectivity index (χ0) is 19.5. The predicted octanol–water partition coefficient (Wildman–Crippen LogP) is 4.55. The maximum absolute atomic E-state index is 5.61. The summed E-state index contributed by atoms with van der Waals surface area (Å²) in [5, 5.41) is 0. The molecule has 1 aliphatic rings. The number of aryl methyl sites for hydroxylation is 1. The molecule has 0 amide bonds. The van der Waals surface area contributed by atoms with Crippen molar-refractivity contribution in [2.24, 2.45) is 0 Å². The van der Waals surface area contributed by atoms with Gasteiger partial charge in [0.2, 0.25) is 0 Å². The number of fused-ring (bicyclic) bond motifs is 1. The number of hydrogen-bond donors (Lipinski definition) is 0. The molecular formula is C24H26N2O2. The number of rotatable bonds is 5. The average Bonchev–Trinajstić information content (AvgIpc) is 2.74. The van der Waals surface area contributed by atoms with Crippen LogP contribution in [0.3, 0.4) is 0 Å². The Hall–Kier alpha value is -2.85. The normalized spacial score (nSPS) is 16.5. The summed E-state index contributed by atoms with van der Waals surface area (Å²) in [4.78, 5) is 6.79. The SMILES string of the molecule is COc1cc2c(cc1OC)[C@H](c1ccccc1)N(Cc1ccncc1C)CC2. The summed E-state index contributed by atoms with van der Waals surface area (Å²) in [5.41, 5.74) is 6.46. The van der Waals surface area contributed by atoms with E-state index in [1.807, 2.05) is 12.4 Å². The first kappa shape index (κ1) is 18.5. The minimum Gasteiger partial charge on any atom is -0.493 e. The van der Waals surface area contributed by atoms with Crippen LogP contribution in [0.25, 0.3) is 0 Å². The van der Waals surface area contributed by atoms with Gasteiger partial charge in [0.05, 0.1) is 20.3 Å². The Morgan fingerprint density at radius 1 is 1.04 bits per heavy atom. The Balaban J connectivity index is 1.80. The molecular weight excluding hydrogens is 348 g/mol. The molecule has 3 aromatic rings. The van der Waals surface area contributed by atoms with Crippen LogP contribution in [0.1, 0.15) is 33.9 Å². The van der Waals surface area contributed by atoms with E-state index in [1.165, 1.54) is 27.8 Å². The van der Waals surface area contributed by atoms with Gasteiger partial charge in [-0.05, 0) is 59.4 Å². The molecule has 0 aliphatic carbocycles. The van der Waals surface area contributed by atoms with Crippen molar-refractivity contribution in [3.63, 3.8) is 0 Å². The molecule has 4 nitrogen and oxygen atoms in total. The molecule has 2 aromatic carbocycles. The molecule has 1 aliphatic heterocycles. The average molecular weight is 374 g/mol. The second-order valence-corrected chi connectivity index (χ2v) is 7.24. The van der Waals surface area contributed by atoms with E-state index in [0.29, 0.717) is 0 Å². The predicted molar refractivity (Wildman–Crippen MR) is 111 cm³/mol. The highest BCUT2D eigenvalue weighted by Crippen LogP contribution is 2.41. The molecule has 28 heavy (non-hydrogen) atoms. The van der Waals surface area contributed by atoms with Crippen LogP contribution in [0, 0.1) is 6.92 Å². The van der Waals surface area contributed by atoms with Gasteiger partial charge >= 0.3 is 0 Å². The monoisotopic (exact) mass is 374 g/mol. The van der Waals surface area contributed by atoms with Gasteiger partial charge in [0.15, 0.2) is 11.5 Å². The first-order valence-electron chi connectivity index (χ1n) is 9.64. The number of aromatic nitrogens is 1. The molecule has 0 saturated carbocycles. The lowest BCUT2D eigenvalue weighted by atomic mass is 9.87. The highest BCUT2D eigenvalue weighted by molar-refractivity contribution is 5.51. The summed E-state index contributed by atoms with van der Waals surface area (Å²) in [6.45, 7) is 4.01. The number of ether oxygens (including phenoxy) is 2. The Morgan fingerprint density at radius 2 is 1.79 bits per heavy atom. The van der Waals surface area contributed by atoms with E-state index < -0.39 is 0 Å². The van der Waals surface area contributed by atoms with Crippen LogP contribution >= 0.6 is 0 Å².